The fourth-order valence-electron chi connectivity index (χ4n) is 3.62. The predicted octanol–water partition coefficient (Wildman–Crippen LogP) is -4.04. The van der Waals surface area contributed by atoms with Crippen molar-refractivity contribution in [2.75, 3.05) is 13.2 Å². The van der Waals surface area contributed by atoms with Crippen LogP contribution in [0.1, 0.15) is 20.8 Å². The maximum Gasteiger partial charge on any atom is 0.217 e. The van der Waals surface area contributed by atoms with Crippen molar-refractivity contribution in [2.45, 2.75) is 81.9 Å². The van der Waals surface area contributed by atoms with E-state index in [2.05, 4.69) is 10.6 Å². The average molecular weight is 422 g/mol. The van der Waals surface area contributed by atoms with Gasteiger partial charge in [0.2, 0.25) is 11.8 Å². The molecule has 2 amide bonds. The highest BCUT2D eigenvalue weighted by Gasteiger charge is 2.50. The van der Waals surface area contributed by atoms with E-state index in [0.717, 1.165) is 0 Å². The minimum atomic E-state index is -1.53. The summed E-state index contributed by atoms with van der Waals surface area (Å²) in [6.07, 6.45) is -9.81. The molecule has 2 saturated heterocycles. The molecular weight excluding hydrogens is 392 g/mol. The molecule has 12 heteroatoms. The summed E-state index contributed by atoms with van der Waals surface area (Å²) in [5, 5.41) is 55.0. The van der Waals surface area contributed by atoms with Crippen LogP contribution in [0.4, 0.5) is 0 Å². The number of nitrogens with one attached hydrogen (secondary N) is 2. The molecule has 10 atom stereocenters. The van der Waals surface area contributed by atoms with Gasteiger partial charge in [0.1, 0.15) is 42.7 Å². The summed E-state index contributed by atoms with van der Waals surface area (Å²) in [5.74, 6) is -0.950. The third-order valence-corrected chi connectivity index (χ3v) is 5.06. The van der Waals surface area contributed by atoms with Gasteiger partial charge in [0, 0.05) is 13.8 Å². The van der Waals surface area contributed by atoms with Crippen molar-refractivity contribution < 1.29 is 49.3 Å². The highest BCUT2D eigenvalue weighted by molar-refractivity contribution is 5.73. The van der Waals surface area contributed by atoms with Gasteiger partial charge in [0.25, 0.3) is 0 Å². The lowest BCUT2D eigenvalue weighted by atomic mass is 9.92. The summed E-state index contributed by atoms with van der Waals surface area (Å²) in [6.45, 7) is 2.94. The van der Waals surface area contributed by atoms with Crippen LogP contribution in [0.3, 0.4) is 0 Å². The zero-order valence-electron chi connectivity index (χ0n) is 16.5. The predicted molar refractivity (Wildman–Crippen MR) is 95.3 cm³/mol. The maximum absolute atomic E-state index is 11.6. The van der Waals surface area contributed by atoms with E-state index in [4.69, 9.17) is 14.2 Å². The molecule has 0 radical (unpaired) electrons. The quantitative estimate of drug-likeness (QED) is 0.222. The van der Waals surface area contributed by atoms with Crippen molar-refractivity contribution in [1.29, 1.82) is 0 Å². The van der Waals surface area contributed by atoms with E-state index < -0.39 is 86.1 Å². The second kappa shape index (κ2) is 10.1. The Morgan fingerprint density at radius 1 is 0.862 bits per heavy atom. The van der Waals surface area contributed by atoms with Gasteiger partial charge in [-0.15, -0.1) is 0 Å². The Morgan fingerprint density at radius 2 is 1.38 bits per heavy atom. The molecule has 2 rings (SSSR count). The molecule has 2 fully saturated rings. The molecule has 0 spiro atoms. The third-order valence-electron chi connectivity index (χ3n) is 5.06. The van der Waals surface area contributed by atoms with Crippen molar-refractivity contribution in [2.24, 2.45) is 0 Å². The summed E-state index contributed by atoms with van der Waals surface area (Å²) >= 11 is 0. The summed E-state index contributed by atoms with van der Waals surface area (Å²) in [5.41, 5.74) is 0. The number of carbonyl (C=O) groups is 2. The van der Waals surface area contributed by atoms with Crippen LogP contribution >= 0.6 is 0 Å². The van der Waals surface area contributed by atoms with Crippen molar-refractivity contribution in [3.05, 3.63) is 0 Å². The minimum absolute atomic E-state index is 0.416. The molecule has 0 aliphatic carbocycles. The number of ether oxygens (including phenoxy) is 3. The molecule has 0 bridgehead atoms. The number of aliphatic hydroxyl groups excluding tert-OH is 5. The topological polar surface area (TPSA) is 187 Å². The Labute approximate surface area is 167 Å². The molecule has 29 heavy (non-hydrogen) atoms. The largest absolute Gasteiger partial charge is 0.394 e. The van der Waals surface area contributed by atoms with Gasteiger partial charge >= 0.3 is 0 Å². The Kier molecular flexibility index (Phi) is 8.31. The zero-order chi connectivity index (χ0) is 21.9. The van der Waals surface area contributed by atoms with Gasteiger partial charge < -0.3 is 50.4 Å². The molecule has 12 nitrogen and oxygen atoms in total. The van der Waals surface area contributed by atoms with Gasteiger partial charge in [-0.1, -0.05) is 0 Å². The van der Waals surface area contributed by atoms with Gasteiger partial charge in [0.05, 0.1) is 25.4 Å². The fourth-order valence-corrected chi connectivity index (χ4v) is 3.62. The molecule has 0 aromatic carbocycles. The number of hydrogen-bond acceptors (Lipinski definition) is 10. The van der Waals surface area contributed by atoms with E-state index in [0.29, 0.717) is 0 Å². The van der Waals surface area contributed by atoms with E-state index in [1.165, 1.54) is 13.8 Å². The summed E-state index contributed by atoms with van der Waals surface area (Å²) in [7, 11) is 0. The molecule has 0 saturated carbocycles. The van der Waals surface area contributed by atoms with E-state index in [9.17, 15) is 35.1 Å². The zero-order valence-corrected chi connectivity index (χ0v) is 16.5. The van der Waals surface area contributed by atoms with Crippen LogP contribution in [0.2, 0.25) is 0 Å². The highest BCUT2D eigenvalue weighted by Crippen LogP contribution is 2.29. The van der Waals surface area contributed by atoms with Crippen LogP contribution in [-0.4, -0.2) is 112 Å². The number of hydrogen-bond donors (Lipinski definition) is 7. The van der Waals surface area contributed by atoms with Crippen molar-refractivity contribution in [3.63, 3.8) is 0 Å². The van der Waals surface area contributed by atoms with E-state index >= 15 is 0 Å². The standard InChI is InChI=1S/C17H30N2O10/c1-6-11(18-7(2)22)16(14(25)10(5-21)27-6)29-17-12(19-8(3)23)15(26)13(24)9(4-20)28-17/h6,9-17,20-21,24-26H,4-5H2,1-3H3,(H,18,22)(H,19,23)/t6?,9?,10?,11?,12?,13-,14-,15+,16+,17+/m0/s1. The van der Waals surface area contributed by atoms with Crippen LogP contribution in [0.5, 0.6) is 0 Å². The number of carbonyl (C=O) groups excluding carboxylic acids is 2. The lowest BCUT2D eigenvalue weighted by Crippen LogP contribution is -2.69. The smallest absolute Gasteiger partial charge is 0.217 e. The molecule has 0 aromatic rings. The molecule has 0 aromatic heterocycles. The number of amides is 2. The first-order valence-corrected chi connectivity index (χ1v) is 9.37. The van der Waals surface area contributed by atoms with Crippen LogP contribution in [0, 0.1) is 0 Å². The number of rotatable bonds is 6. The number of aliphatic hydroxyl groups is 5. The highest BCUT2D eigenvalue weighted by atomic mass is 16.7. The third kappa shape index (κ3) is 5.41. The van der Waals surface area contributed by atoms with Gasteiger partial charge in [-0.2, -0.15) is 0 Å². The monoisotopic (exact) mass is 422 g/mol. The molecule has 5 unspecified atom stereocenters. The molecule has 7 N–H and O–H groups in total. The van der Waals surface area contributed by atoms with Gasteiger partial charge in [-0.05, 0) is 6.92 Å². The van der Waals surface area contributed by atoms with Crippen molar-refractivity contribution in [3.8, 4) is 0 Å². The Morgan fingerprint density at radius 3 is 1.90 bits per heavy atom. The Balaban J connectivity index is 2.31. The molecule has 2 aliphatic heterocycles. The minimum Gasteiger partial charge on any atom is -0.394 e. The van der Waals surface area contributed by atoms with Crippen LogP contribution in [0.25, 0.3) is 0 Å². The van der Waals surface area contributed by atoms with Crippen LogP contribution in [-0.2, 0) is 23.8 Å². The molecule has 2 aliphatic rings. The van der Waals surface area contributed by atoms with Crippen LogP contribution in [0.15, 0.2) is 0 Å². The van der Waals surface area contributed by atoms with E-state index in [1.54, 1.807) is 6.92 Å². The molecular formula is C17H30N2O10. The van der Waals surface area contributed by atoms with Gasteiger partial charge in [-0.3, -0.25) is 9.59 Å². The van der Waals surface area contributed by atoms with Gasteiger partial charge in [-0.25, -0.2) is 0 Å². The summed E-state index contributed by atoms with van der Waals surface area (Å²) < 4.78 is 16.9. The normalized spacial score (nSPS) is 42.9. The Hall–Kier alpha value is -1.38. The van der Waals surface area contributed by atoms with Crippen molar-refractivity contribution in [1.82, 2.24) is 10.6 Å². The second-order valence-electron chi connectivity index (χ2n) is 7.31. The molecule has 2 heterocycles. The van der Waals surface area contributed by atoms with Gasteiger partial charge in [0.15, 0.2) is 6.29 Å². The Bertz CT molecular complexity index is 578. The van der Waals surface area contributed by atoms with E-state index in [1.807, 2.05) is 0 Å². The first-order valence-electron chi connectivity index (χ1n) is 9.37. The lowest BCUT2D eigenvalue weighted by molar-refractivity contribution is -0.308. The second-order valence-corrected chi connectivity index (χ2v) is 7.31. The first kappa shape index (κ1) is 23.9. The average Bonchev–Trinajstić information content (AvgIpc) is 2.65. The lowest BCUT2D eigenvalue weighted by Gasteiger charge is -2.48. The van der Waals surface area contributed by atoms with Crippen molar-refractivity contribution >= 4 is 11.8 Å². The van der Waals surface area contributed by atoms with E-state index in [-0.39, 0.29) is 0 Å². The fraction of sp³-hybridized carbons (Fsp3) is 0.882. The first-order chi connectivity index (χ1) is 13.6. The maximum atomic E-state index is 11.6. The van der Waals surface area contributed by atoms with Crippen LogP contribution < -0.4 is 10.6 Å². The summed E-state index contributed by atoms with van der Waals surface area (Å²) in [4.78, 5) is 23.2. The summed E-state index contributed by atoms with van der Waals surface area (Å²) in [6, 6.07) is -2.07. The molecule has 168 valence electrons. The SMILES string of the molecule is CC(=O)NC1[C@@H](O[C@@H]2C(NC(C)=O)C(C)OC(CO)[C@@H]2O)OC(CO)[C@H](O)[C@@H]1O.